The fourth-order valence-corrected chi connectivity index (χ4v) is 3.02. The van der Waals surface area contributed by atoms with Crippen molar-refractivity contribution in [3.8, 4) is 0 Å². The van der Waals surface area contributed by atoms with Crippen molar-refractivity contribution < 1.29 is 9.18 Å². The Balaban J connectivity index is 1.62. The van der Waals surface area contributed by atoms with Crippen LogP contribution in [0.5, 0.6) is 0 Å². The van der Waals surface area contributed by atoms with E-state index in [1.165, 1.54) is 12.1 Å². The first-order valence-electron chi connectivity index (χ1n) is 7.73. The summed E-state index contributed by atoms with van der Waals surface area (Å²) in [5.41, 5.74) is 1.69. The minimum atomic E-state index is -0.312. The van der Waals surface area contributed by atoms with E-state index in [0.29, 0.717) is 12.1 Å². The molecule has 124 valence electrons. The lowest BCUT2D eigenvalue weighted by Crippen LogP contribution is -2.31. The Kier molecular flexibility index (Phi) is 6.67. The zero-order valence-electron chi connectivity index (χ0n) is 13.4. The standard InChI is InChI=1S/C17H22FN3OS/c1-12(19-9-3-4-17-20-13(2)11-23-17)10-16(22)21-15-7-5-14(18)6-8-15/h5-8,11-12,19H,3-4,9-10H2,1-2H3,(H,21,22)/t12-/m0/s1. The summed E-state index contributed by atoms with van der Waals surface area (Å²) in [5.74, 6) is -0.388. The van der Waals surface area contributed by atoms with E-state index in [1.807, 2.05) is 13.8 Å². The lowest BCUT2D eigenvalue weighted by molar-refractivity contribution is -0.116. The van der Waals surface area contributed by atoms with Crippen molar-refractivity contribution in [3.05, 3.63) is 46.2 Å². The molecule has 2 aromatic rings. The summed E-state index contributed by atoms with van der Waals surface area (Å²) < 4.78 is 12.8. The van der Waals surface area contributed by atoms with Gasteiger partial charge in [0.1, 0.15) is 5.82 Å². The highest BCUT2D eigenvalue weighted by Crippen LogP contribution is 2.11. The van der Waals surface area contributed by atoms with Gasteiger partial charge in [-0.25, -0.2) is 9.37 Å². The average molecular weight is 335 g/mol. The SMILES string of the molecule is Cc1csc(CCCN[C@@H](C)CC(=O)Nc2ccc(F)cc2)n1. The molecule has 0 radical (unpaired) electrons. The first-order valence-corrected chi connectivity index (χ1v) is 8.60. The van der Waals surface area contributed by atoms with Crippen LogP contribution in [0.3, 0.4) is 0 Å². The predicted octanol–water partition coefficient (Wildman–Crippen LogP) is 3.53. The van der Waals surface area contributed by atoms with Crippen molar-refractivity contribution in [3.63, 3.8) is 0 Å². The lowest BCUT2D eigenvalue weighted by Gasteiger charge is -2.13. The van der Waals surface area contributed by atoms with Crippen molar-refractivity contribution in [2.24, 2.45) is 0 Å². The van der Waals surface area contributed by atoms with Gasteiger partial charge in [-0.2, -0.15) is 0 Å². The number of anilines is 1. The Bertz CT molecular complexity index is 627. The highest BCUT2D eigenvalue weighted by molar-refractivity contribution is 7.09. The third-order valence-electron chi connectivity index (χ3n) is 3.35. The smallest absolute Gasteiger partial charge is 0.225 e. The van der Waals surface area contributed by atoms with Gasteiger partial charge in [0, 0.05) is 35.6 Å². The third-order valence-corrected chi connectivity index (χ3v) is 4.37. The maximum absolute atomic E-state index is 12.8. The molecule has 0 aliphatic heterocycles. The quantitative estimate of drug-likeness (QED) is 0.726. The van der Waals surface area contributed by atoms with Gasteiger partial charge in [-0.05, 0) is 51.1 Å². The van der Waals surface area contributed by atoms with Gasteiger partial charge in [-0.15, -0.1) is 11.3 Å². The fourth-order valence-electron chi connectivity index (χ4n) is 2.20. The van der Waals surface area contributed by atoms with Crippen LogP contribution in [0.15, 0.2) is 29.6 Å². The highest BCUT2D eigenvalue weighted by Gasteiger charge is 2.09. The van der Waals surface area contributed by atoms with Crippen LogP contribution in [0.2, 0.25) is 0 Å². The van der Waals surface area contributed by atoms with Crippen LogP contribution >= 0.6 is 11.3 Å². The van der Waals surface area contributed by atoms with Gasteiger partial charge in [-0.1, -0.05) is 0 Å². The van der Waals surface area contributed by atoms with Gasteiger partial charge in [0.25, 0.3) is 0 Å². The molecule has 0 fully saturated rings. The van der Waals surface area contributed by atoms with E-state index in [2.05, 4.69) is 21.0 Å². The van der Waals surface area contributed by atoms with Crippen LogP contribution in [0.4, 0.5) is 10.1 Å². The molecule has 1 heterocycles. The van der Waals surface area contributed by atoms with Gasteiger partial charge in [0.05, 0.1) is 5.01 Å². The molecule has 0 spiro atoms. The molecular weight excluding hydrogens is 313 g/mol. The van der Waals surface area contributed by atoms with Crippen molar-refractivity contribution in [1.82, 2.24) is 10.3 Å². The Morgan fingerprint density at radius 2 is 2.09 bits per heavy atom. The molecule has 1 atom stereocenters. The first-order chi connectivity index (χ1) is 11.0. The number of thiazole rings is 1. The normalized spacial score (nSPS) is 12.1. The van der Waals surface area contributed by atoms with Gasteiger partial charge in [-0.3, -0.25) is 4.79 Å². The van der Waals surface area contributed by atoms with Crippen LogP contribution in [0.25, 0.3) is 0 Å². The number of benzene rings is 1. The summed E-state index contributed by atoms with van der Waals surface area (Å²) in [6, 6.07) is 5.87. The molecule has 0 saturated carbocycles. The molecular formula is C17H22FN3OS. The monoisotopic (exact) mass is 335 g/mol. The van der Waals surface area contributed by atoms with Crippen molar-refractivity contribution in [2.75, 3.05) is 11.9 Å². The second-order valence-electron chi connectivity index (χ2n) is 5.60. The van der Waals surface area contributed by atoms with Crippen LogP contribution < -0.4 is 10.6 Å². The number of hydrogen-bond donors (Lipinski definition) is 2. The Hall–Kier alpha value is -1.79. The summed E-state index contributed by atoms with van der Waals surface area (Å²) in [4.78, 5) is 16.3. The maximum atomic E-state index is 12.8. The minimum absolute atomic E-state index is 0.0767. The molecule has 0 aliphatic carbocycles. The molecule has 1 aromatic carbocycles. The first kappa shape index (κ1) is 17.6. The molecule has 6 heteroatoms. The van der Waals surface area contributed by atoms with E-state index in [0.717, 1.165) is 30.1 Å². The molecule has 0 unspecified atom stereocenters. The molecule has 4 nitrogen and oxygen atoms in total. The van der Waals surface area contributed by atoms with Crippen LogP contribution in [0.1, 0.15) is 30.5 Å². The van der Waals surface area contributed by atoms with E-state index in [-0.39, 0.29) is 17.8 Å². The molecule has 0 aliphatic rings. The number of aryl methyl sites for hydroxylation is 2. The summed E-state index contributed by atoms with van der Waals surface area (Å²) in [6.07, 6.45) is 2.34. The largest absolute Gasteiger partial charge is 0.326 e. The van der Waals surface area contributed by atoms with Crippen molar-refractivity contribution in [2.45, 2.75) is 39.2 Å². The summed E-state index contributed by atoms with van der Waals surface area (Å²) in [5, 5.41) is 9.33. The van der Waals surface area contributed by atoms with E-state index in [1.54, 1.807) is 23.5 Å². The summed E-state index contributed by atoms with van der Waals surface area (Å²) in [6.45, 7) is 4.83. The second kappa shape index (κ2) is 8.74. The Morgan fingerprint density at radius 3 is 2.74 bits per heavy atom. The number of nitrogens with one attached hydrogen (secondary N) is 2. The minimum Gasteiger partial charge on any atom is -0.326 e. The molecule has 23 heavy (non-hydrogen) atoms. The number of carbonyl (C=O) groups is 1. The molecule has 1 amide bonds. The predicted molar refractivity (Wildman–Crippen MR) is 92.3 cm³/mol. The van der Waals surface area contributed by atoms with Gasteiger partial charge in [0.2, 0.25) is 5.91 Å². The van der Waals surface area contributed by atoms with Crippen LogP contribution in [-0.4, -0.2) is 23.5 Å². The zero-order valence-corrected chi connectivity index (χ0v) is 14.3. The van der Waals surface area contributed by atoms with E-state index in [9.17, 15) is 9.18 Å². The third kappa shape index (κ3) is 6.46. The number of rotatable bonds is 8. The summed E-state index contributed by atoms with van der Waals surface area (Å²) >= 11 is 1.69. The Labute approximate surface area is 140 Å². The van der Waals surface area contributed by atoms with Crippen LogP contribution in [0, 0.1) is 12.7 Å². The highest BCUT2D eigenvalue weighted by atomic mass is 32.1. The van der Waals surface area contributed by atoms with Crippen molar-refractivity contribution >= 4 is 22.9 Å². The molecule has 1 aromatic heterocycles. The van der Waals surface area contributed by atoms with E-state index in [4.69, 9.17) is 0 Å². The number of halogens is 1. The number of amides is 1. The number of aromatic nitrogens is 1. The maximum Gasteiger partial charge on any atom is 0.225 e. The average Bonchev–Trinajstić information content (AvgIpc) is 2.91. The number of nitrogens with zero attached hydrogens (tertiary/aromatic N) is 1. The topological polar surface area (TPSA) is 54.0 Å². The van der Waals surface area contributed by atoms with Crippen molar-refractivity contribution in [1.29, 1.82) is 0 Å². The van der Waals surface area contributed by atoms with Gasteiger partial charge >= 0.3 is 0 Å². The number of carbonyl (C=O) groups excluding carboxylic acids is 1. The molecule has 0 bridgehead atoms. The molecule has 2 N–H and O–H groups in total. The summed E-state index contributed by atoms with van der Waals surface area (Å²) in [7, 11) is 0. The zero-order chi connectivity index (χ0) is 16.7. The second-order valence-corrected chi connectivity index (χ2v) is 6.54. The van der Waals surface area contributed by atoms with Gasteiger partial charge in [0.15, 0.2) is 0 Å². The fraction of sp³-hybridized carbons (Fsp3) is 0.412. The van der Waals surface area contributed by atoms with Gasteiger partial charge < -0.3 is 10.6 Å². The molecule has 2 rings (SSSR count). The molecule has 0 saturated heterocycles. The van der Waals surface area contributed by atoms with E-state index < -0.39 is 0 Å². The van der Waals surface area contributed by atoms with Crippen LogP contribution in [-0.2, 0) is 11.2 Å². The number of hydrogen-bond acceptors (Lipinski definition) is 4. The lowest BCUT2D eigenvalue weighted by atomic mass is 10.2. The van der Waals surface area contributed by atoms with E-state index >= 15 is 0 Å². The Morgan fingerprint density at radius 1 is 1.35 bits per heavy atom.